The summed E-state index contributed by atoms with van der Waals surface area (Å²) in [5.74, 6) is 2.48. The zero-order valence-corrected chi connectivity index (χ0v) is 16.9. The summed E-state index contributed by atoms with van der Waals surface area (Å²) in [6.45, 7) is 2.88. The van der Waals surface area contributed by atoms with E-state index < -0.39 is 5.54 Å². The summed E-state index contributed by atoms with van der Waals surface area (Å²) in [5.41, 5.74) is 0.457. The molecule has 1 amide bonds. The van der Waals surface area contributed by atoms with Crippen molar-refractivity contribution in [3.63, 3.8) is 0 Å². The number of ether oxygens (including phenoxy) is 2. The molecule has 8 heteroatoms. The third-order valence-electron chi connectivity index (χ3n) is 5.42. The second kappa shape index (κ2) is 7.18. The first-order chi connectivity index (χ1) is 14.1. The Kier molecular flexibility index (Phi) is 4.50. The molecule has 3 heterocycles. The molecule has 1 N–H and O–H groups in total. The maximum absolute atomic E-state index is 13.0. The lowest BCUT2D eigenvalue weighted by molar-refractivity contribution is 0.0896. The van der Waals surface area contributed by atoms with Gasteiger partial charge in [-0.2, -0.15) is 4.98 Å². The van der Waals surface area contributed by atoms with Gasteiger partial charge in [0.15, 0.2) is 17.3 Å². The summed E-state index contributed by atoms with van der Waals surface area (Å²) >= 11 is 1.45. The molecule has 0 radical (unpaired) electrons. The van der Waals surface area contributed by atoms with Crippen LogP contribution in [-0.2, 0) is 5.54 Å². The van der Waals surface area contributed by atoms with Gasteiger partial charge < -0.3 is 19.3 Å². The summed E-state index contributed by atoms with van der Waals surface area (Å²) in [6.07, 6.45) is 3.69. The number of rotatable bonds is 4. The van der Waals surface area contributed by atoms with Gasteiger partial charge in [-0.3, -0.25) is 4.79 Å². The molecule has 29 heavy (non-hydrogen) atoms. The Morgan fingerprint density at radius 3 is 2.66 bits per heavy atom. The molecule has 1 aliphatic carbocycles. The number of hydrogen-bond donors (Lipinski definition) is 1. The van der Waals surface area contributed by atoms with Gasteiger partial charge in [0.05, 0.1) is 4.88 Å². The van der Waals surface area contributed by atoms with Crippen LogP contribution in [0, 0.1) is 6.92 Å². The van der Waals surface area contributed by atoms with Crippen LogP contribution in [-0.4, -0.2) is 29.3 Å². The minimum absolute atomic E-state index is 0.108. The van der Waals surface area contributed by atoms with Crippen LogP contribution in [0.4, 0.5) is 0 Å². The van der Waals surface area contributed by atoms with Crippen LogP contribution in [0.1, 0.15) is 47.1 Å². The lowest BCUT2D eigenvalue weighted by Crippen LogP contribution is -2.44. The molecular formula is C21H21N3O4S. The van der Waals surface area contributed by atoms with Crippen molar-refractivity contribution >= 4 is 17.2 Å². The fourth-order valence-corrected chi connectivity index (χ4v) is 4.86. The number of carbonyl (C=O) groups is 1. The molecule has 0 bridgehead atoms. The number of nitrogens with zero attached hydrogens (tertiary/aromatic N) is 2. The summed E-state index contributed by atoms with van der Waals surface area (Å²) in [7, 11) is 0. The largest absolute Gasteiger partial charge is 0.486 e. The lowest BCUT2D eigenvalue weighted by Gasteiger charge is -2.26. The number of carbonyl (C=O) groups excluding carboxylic acids is 1. The van der Waals surface area contributed by atoms with Crippen molar-refractivity contribution in [3.05, 3.63) is 46.9 Å². The average Bonchev–Trinajstić information content (AvgIpc) is 3.49. The van der Waals surface area contributed by atoms with E-state index in [9.17, 15) is 4.79 Å². The first-order valence-corrected chi connectivity index (χ1v) is 10.6. The van der Waals surface area contributed by atoms with Gasteiger partial charge >= 0.3 is 0 Å². The van der Waals surface area contributed by atoms with Gasteiger partial charge in [0.2, 0.25) is 5.89 Å². The average molecular weight is 411 g/mol. The Hall–Kier alpha value is -2.87. The van der Waals surface area contributed by atoms with E-state index in [1.807, 2.05) is 30.3 Å². The smallest absolute Gasteiger partial charge is 0.262 e. The topological polar surface area (TPSA) is 86.5 Å². The third-order valence-corrected chi connectivity index (χ3v) is 6.56. The fraction of sp³-hybridized carbons (Fsp3) is 0.381. The highest BCUT2D eigenvalue weighted by molar-refractivity contribution is 7.17. The number of hydrogen-bond acceptors (Lipinski definition) is 7. The van der Waals surface area contributed by atoms with E-state index in [4.69, 9.17) is 14.0 Å². The Labute approximate surface area is 172 Å². The number of nitrogens with one attached hydrogen (secondary N) is 1. The van der Waals surface area contributed by atoms with Crippen molar-refractivity contribution < 1.29 is 18.8 Å². The van der Waals surface area contributed by atoms with E-state index >= 15 is 0 Å². The Bertz CT molecular complexity index is 1050. The van der Waals surface area contributed by atoms with E-state index in [0.717, 1.165) is 47.6 Å². The molecule has 0 saturated heterocycles. The monoisotopic (exact) mass is 411 g/mol. The predicted molar refractivity (Wildman–Crippen MR) is 107 cm³/mol. The van der Waals surface area contributed by atoms with Crippen molar-refractivity contribution in [1.29, 1.82) is 0 Å². The standard InChI is InChI=1S/C21H21N3O4S/c1-13-22-20(24-28-13)21(8-2-3-9-21)23-19(25)18-7-6-17(29-18)14-4-5-15-16(12-14)27-11-10-26-15/h4-7,12H,2-3,8-11H2,1H3,(H,23,25). The third kappa shape index (κ3) is 3.37. The molecule has 2 aliphatic rings. The second-order valence-electron chi connectivity index (χ2n) is 7.40. The van der Waals surface area contributed by atoms with Gasteiger partial charge in [-0.25, -0.2) is 0 Å². The molecule has 2 aromatic heterocycles. The first kappa shape index (κ1) is 18.2. The quantitative estimate of drug-likeness (QED) is 0.696. The molecule has 1 aliphatic heterocycles. The molecule has 1 fully saturated rings. The number of benzene rings is 1. The van der Waals surface area contributed by atoms with Crippen molar-refractivity contribution in [3.8, 4) is 21.9 Å². The van der Waals surface area contributed by atoms with E-state index in [0.29, 0.717) is 29.8 Å². The first-order valence-electron chi connectivity index (χ1n) is 9.76. The van der Waals surface area contributed by atoms with Crippen LogP contribution in [0.5, 0.6) is 11.5 Å². The molecule has 1 aromatic carbocycles. The zero-order valence-electron chi connectivity index (χ0n) is 16.1. The van der Waals surface area contributed by atoms with Crippen molar-refractivity contribution in [1.82, 2.24) is 15.5 Å². The highest BCUT2D eigenvalue weighted by Crippen LogP contribution is 2.39. The van der Waals surface area contributed by atoms with E-state index in [1.165, 1.54) is 11.3 Å². The molecule has 0 spiro atoms. The summed E-state index contributed by atoms with van der Waals surface area (Å²) in [5, 5.41) is 7.28. The van der Waals surface area contributed by atoms with Crippen molar-refractivity contribution in [2.75, 3.05) is 13.2 Å². The minimum atomic E-state index is -0.546. The van der Waals surface area contributed by atoms with Crippen molar-refractivity contribution in [2.24, 2.45) is 0 Å². The van der Waals surface area contributed by atoms with Crippen LogP contribution in [0.25, 0.3) is 10.4 Å². The summed E-state index contributed by atoms with van der Waals surface area (Å²) in [4.78, 5) is 19.1. The lowest BCUT2D eigenvalue weighted by atomic mass is 9.96. The second-order valence-corrected chi connectivity index (χ2v) is 8.49. The van der Waals surface area contributed by atoms with Gasteiger partial charge in [-0.1, -0.05) is 18.0 Å². The molecule has 5 rings (SSSR count). The maximum atomic E-state index is 13.0. The van der Waals surface area contributed by atoms with Crippen molar-refractivity contribution in [2.45, 2.75) is 38.1 Å². The Morgan fingerprint density at radius 2 is 1.90 bits per heavy atom. The van der Waals surface area contributed by atoms with Gasteiger partial charge in [0.1, 0.15) is 18.8 Å². The number of aromatic nitrogens is 2. The highest BCUT2D eigenvalue weighted by Gasteiger charge is 2.41. The SMILES string of the molecule is Cc1nc(C2(NC(=O)c3ccc(-c4ccc5c(c4)OCCO5)s3)CCCC2)no1. The molecule has 7 nitrogen and oxygen atoms in total. The number of amides is 1. The molecule has 150 valence electrons. The van der Waals surface area contributed by atoms with Crippen LogP contribution in [0.15, 0.2) is 34.9 Å². The van der Waals surface area contributed by atoms with Crippen LogP contribution in [0.2, 0.25) is 0 Å². The van der Waals surface area contributed by atoms with E-state index in [2.05, 4.69) is 15.5 Å². The van der Waals surface area contributed by atoms with Crippen LogP contribution >= 0.6 is 11.3 Å². The molecule has 0 atom stereocenters. The summed E-state index contributed by atoms with van der Waals surface area (Å²) < 4.78 is 16.4. The molecule has 0 unspecified atom stereocenters. The number of thiophene rings is 1. The molecule has 1 saturated carbocycles. The molecular weight excluding hydrogens is 390 g/mol. The predicted octanol–water partition coefficient (Wildman–Crippen LogP) is 4.08. The van der Waals surface area contributed by atoms with Gasteiger partial charge in [-0.05, 0) is 48.7 Å². The van der Waals surface area contributed by atoms with E-state index in [1.54, 1.807) is 6.92 Å². The maximum Gasteiger partial charge on any atom is 0.262 e. The molecule has 3 aromatic rings. The normalized spacial score (nSPS) is 17.3. The Balaban J connectivity index is 1.38. The Morgan fingerprint density at radius 1 is 1.10 bits per heavy atom. The van der Waals surface area contributed by atoms with Gasteiger partial charge in [-0.15, -0.1) is 11.3 Å². The number of aryl methyl sites for hydroxylation is 1. The van der Waals surface area contributed by atoms with E-state index in [-0.39, 0.29) is 5.91 Å². The highest BCUT2D eigenvalue weighted by atomic mass is 32.1. The zero-order chi connectivity index (χ0) is 19.8. The van der Waals surface area contributed by atoms with Gasteiger partial charge in [0.25, 0.3) is 5.91 Å². The number of fused-ring (bicyclic) bond motifs is 1. The van der Waals surface area contributed by atoms with Crippen LogP contribution < -0.4 is 14.8 Å². The fourth-order valence-electron chi connectivity index (χ4n) is 3.97. The van der Waals surface area contributed by atoms with Gasteiger partial charge in [0, 0.05) is 11.8 Å². The summed E-state index contributed by atoms with van der Waals surface area (Å²) in [6, 6.07) is 9.68. The van der Waals surface area contributed by atoms with Crippen LogP contribution in [0.3, 0.4) is 0 Å². The minimum Gasteiger partial charge on any atom is -0.486 e.